The van der Waals surface area contributed by atoms with Gasteiger partial charge in [-0.2, -0.15) is 5.10 Å². The number of carbonyl (C=O) groups excluding carboxylic acids is 1. The molecule has 1 saturated heterocycles. The Morgan fingerprint density at radius 3 is 2.83 bits per heavy atom. The summed E-state index contributed by atoms with van der Waals surface area (Å²) in [5, 5.41) is 10.2. The summed E-state index contributed by atoms with van der Waals surface area (Å²) in [7, 11) is 0. The number of amides is 1. The van der Waals surface area contributed by atoms with Crippen molar-refractivity contribution in [3.8, 4) is 11.3 Å². The van der Waals surface area contributed by atoms with Crippen LogP contribution in [0.15, 0.2) is 30.3 Å². The van der Waals surface area contributed by atoms with Crippen LogP contribution >= 0.6 is 0 Å². The number of hydrogen-bond acceptors (Lipinski definition) is 3. The lowest BCUT2D eigenvalue weighted by atomic mass is 10.1. The standard InChI is InChI=1S/C19H26N4O/c1-14-7-3-4-8-16(14)17-13-18(22-21-17)20-19(24)15(2)9-12-23-10-5-6-11-23/h3-4,7-8,13,15H,5-6,9-12H2,1-2H3,(H2,20,21,22,24). The number of aryl methyl sites for hydroxylation is 1. The van der Waals surface area contributed by atoms with Crippen molar-refractivity contribution in [2.45, 2.75) is 33.1 Å². The van der Waals surface area contributed by atoms with E-state index in [1.54, 1.807) is 0 Å². The largest absolute Gasteiger partial charge is 0.309 e. The van der Waals surface area contributed by atoms with E-state index in [4.69, 9.17) is 0 Å². The molecule has 0 bridgehead atoms. The molecular weight excluding hydrogens is 300 g/mol. The van der Waals surface area contributed by atoms with Crippen LogP contribution in [0.3, 0.4) is 0 Å². The Morgan fingerprint density at radius 2 is 2.08 bits per heavy atom. The van der Waals surface area contributed by atoms with E-state index in [9.17, 15) is 4.79 Å². The van der Waals surface area contributed by atoms with E-state index in [1.807, 2.05) is 31.2 Å². The van der Waals surface area contributed by atoms with Crippen molar-refractivity contribution < 1.29 is 4.79 Å². The lowest BCUT2D eigenvalue weighted by molar-refractivity contribution is -0.119. The fourth-order valence-corrected chi connectivity index (χ4v) is 3.16. The van der Waals surface area contributed by atoms with Crippen molar-refractivity contribution in [2.75, 3.05) is 25.0 Å². The zero-order chi connectivity index (χ0) is 16.9. The second-order valence-corrected chi connectivity index (χ2v) is 6.71. The van der Waals surface area contributed by atoms with Crippen LogP contribution in [0.1, 0.15) is 31.7 Å². The molecule has 24 heavy (non-hydrogen) atoms. The number of carbonyl (C=O) groups is 1. The van der Waals surface area contributed by atoms with Gasteiger partial charge in [-0.1, -0.05) is 31.2 Å². The maximum absolute atomic E-state index is 12.3. The SMILES string of the molecule is Cc1ccccc1-c1cc(NC(=O)C(C)CCN2CCCC2)n[nH]1. The van der Waals surface area contributed by atoms with Gasteiger partial charge in [0.25, 0.3) is 0 Å². The zero-order valence-electron chi connectivity index (χ0n) is 14.5. The summed E-state index contributed by atoms with van der Waals surface area (Å²) in [6.07, 6.45) is 3.46. The summed E-state index contributed by atoms with van der Waals surface area (Å²) in [5.74, 6) is 0.618. The van der Waals surface area contributed by atoms with E-state index < -0.39 is 0 Å². The van der Waals surface area contributed by atoms with Crippen LogP contribution < -0.4 is 5.32 Å². The smallest absolute Gasteiger partial charge is 0.228 e. The zero-order valence-corrected chi connectivity index (χ0v) is 14.5. The second kappa shape index (κ2) is 7.62. The van der Waals surface area contributed by atoms with E-state index in [0.717, 1.165) is 24.2 Å². The molecule has 1 amide bonds. The van der Waals surface area contributed by atoms with Crippen molar-refractivity contribution in [3.05, 3.63) is 35.9 Å². The van der Waals surface area contributed by atoms with Crippen LogP contribution in [0.4, 0.5) is 5.82 Å². The Kier molecular flexibility index (Phi) is 5.30. The lowest BCUT2D eigenvalue weighted by Crippen LogP contribution is -2.27. The van der Waals surface area contributed by atoms with E-state index in [1.165, 1.54) is 31.5 Å². The quantitative estimate of drug-likeness (QED) is 0.855. The Balaban J connectivity index is 1.55. The van der Waals surface area contributed by atoms with Crippen LogP contribution in [0.2, 0.25) is 0 Å². The number of H-pyrrole nitrogens is 1. The third-order valence-corrected chi connectivity index (χ3v) is 4.79. The van der Waals surface area contributed by atoms with Gasteiger partial charge < -0.3 is 10.2 Å². The normalized spacial score (nSPS) is 16.2. The molecule has 2 aromatic rings. The average molecular weight is 326 g/mol. The molecule has 0 saturated carbocycles. The van der Waals surface area contributed by atoms with Gasteiger partial charge in [-0.3, -0.25) is 9.89 Å². The van der Waals surface area contributed by atoms with Crippen molar-refractivity contribution in [2.24, 2.45) is 5.92 Å². The molecule has 1 atom stereocenters. The average Bonchev–Trinajstić information content (AvgIpc) is 3.24. The third kappa shape index (κ3) is 4.03. The molecule has 2 N–H and O–H groups in total. The minimum atomic E-state index is -0.00999. The predicted molar refractivity (Wildman–Crippen MR) is 96.8 cm³/mol. The maximum Gasteiger partial charge on any atom is 0.228 e. The number of anilines is 1. The Bertz CT molecular complexity index is 688. The minimum absolute atomic E-state index is 0.00999. The van der Waals surface area contributed by atoms with E-state index in [-0.39, 0.29) is 11.8 Å². The Hall–Kier alpha value is -2.14. The third-order valence-electron chi connectivity index (χ3n) is 4.79. The molecule has 128 valence electrons. The number of likely N-dealkylation sites (tertiary alicyclic amines) is 1. The van der Waals surface area contributed by atoms with Gasteiger partial charge in [0.1, 0.15) is 0 Å². The molecular formula is C19H26N4O. The first kappa shape index (κ1) is 16.7. The molecule has 5 nitrogen and oxygen atoms in total. The first-order valence-corrected chi connectivity index (χ1v) is 8.78. The summed E-state index contributed by atoms with van der Waals surface area (Å²) in [4.78, 5) is 14.8. The summed E-state index contributed by atoms with van der Waals surface area (Å²) >= 11 is 0. The second-order valence-electron chi connectivity index (χ2n) is 6.71. The molecule has 1 fully saturated rings. The van der Waals surface area contributed by atoms with Gasteiger partial charge in [0.2, 0.25) is 5.91 Å². The van der Waals surface area contributed by atoms with Crippen molar-refractivity contribution in [1.82, 2.24) is 15.1 Å². The molecule has 0 radical (unpaired) electrons. The summed E-state index contributed by atoms with van der Waals surface area (Å²) in [6, 6.07) is 10.0. The molecule has 0 spiro atoms. The van der Waals surface area contributed by atoms with Gasteiger partial charge in [0.15, 0.2) is 5.82 Å². The van der Waals surface area contributed by atoms with Crippen molar-refractivity contribution in [1.29, 1.82) is 0 Å². The predicted octanol–water partition coefficient (Wildman–Crippen LogP) is 3.45. The fraction of sp³-hybridized carbons (Fsp3) is 0.474. The summed E-state index contributed by atoms with van der Waals surface area (Å²) in [6.45, 7) is 7.40. The molecule has 0 aliphatic carbocycles. The van der Waals surface area contributed by atoms with Crippen LogP contribution in [0.25, 0.3) is 11.3 Å². The topological polar surface area (TPSA) is 61.0 Å². The molecule has 1 aromatic heterocycles. The van der Waals surface area contributed by atoms with E-state index in [0.29, 0.717) is 5.82 Å². The van der Waals surface area contributed by atoms with Crippen LogP contribution in [-0.4, -0.2) is 40.6 Å². The van der Waals surface area contributed by atoms with Crippen LogP contribution in [0.5, 0.6) is 0 Å². The van der Waals surface area contributed by atoms with Crippen molar-refractivity contribution in [3.63, 3.8) is 0 Å². The van der Waals surface area contributed by atoms with Gasteiger partial charge in [0.05, 0.1) is 5.69 Å². The van der Waals surface area contributed by atoms with Crippen LogP contribution in [-0.2, 0) is 4.79 Å². The summed E-state index contributed by atoms with van der Waals surface area (Å²) < 4.78 is 0. The fourth-order valence-electron chi connectivity index (χ4n) is 3.16. The highest BCUT2D eigenvalue weighted by Gasteiger charge is 2.18. The Labute approximate surface area is 143 Å². The van der Waals surface area contributed by atoms with Crippen molar-refractivity contribution >= 4 is 11.7 Å². The minimum Gasteiger partial charge on any atom is -0.309 e. The molecule has 1 aliphatic heterocycles. The highest BCUT2D eigenvalue weighted by atomic mass is 16.1. The molecule has 1 unspecified atom stereocenters. The summed E-state index contributed by atoms with van der Waals surface area (Å²) in [5.41, 5.74) is 3.21. The number of nitrogens with zero attached hydrogens (tertiary/aromatic N) is 2. The first-order chi connectivity index (χ1) is 11.6. The number of aromatic amines is 1. The maximum atomic E-state index is 12.3. The van der Waals surface area contributed by atoms with Crippen LogP contribution in [0, 0.1) is 12.8 Å². The number of nitrogens with one attached hydrogen (secondary N) is 2. The van der Waals surface area contributed by atoms with Gasteiger partial charge >= 0.3 is 0 Å². The highest BCUT2D eigenvalue weighted by Crippen LogP contribution is 2.23. The van der Waals surface area contributed by atoms with Gasteiger partial charge in [-0.15, -0.1) is 0 Å². The molecule has 1 aromatic carbocycles. The highest BCUT2D eigenvalue weighted by molar-refractivity contribution is 5.92. The lowest BCUT2D eigenvalue weighted by Gasteiger charge is -2.17. The number of benzene rings is 1. The van der Waals surface area contributed by atoms with Gasteiger partial charge in [-0.25, -0.2) is 0 Å². The molecule has 3 rings (SSSR count). The molecule has 1 aliphatic rings. The van der Waals surface area contributed by atoms with E-state index >= 15 is 0 Å². The van der Waals surface area contributed by atoms with E-state index in [2.05, 4.69) is 33.4 Å². The first-order valence-electron chi connectivity index (χ1n) is 8.78. The number of aromatic nitrogens is 2. The molecule has 5 heteroatoms. The monoisotopic (exact) mass is 326 g/mol. The Morgan fingerprint density at radius 1 is 1.33 bits per heavy atom. The number of hydrogen-bond donors (Lipinski definition) is 2. The van der Waals surface area contributed by atoms with Gasteiger partial charge in [-0.05, 0) is 51.4 Å². The molecule has 2 heterocycles. The number of rotatable bonds is 6. The van der Waals surface area contributed by atoms with Gasteiger partial charge in [0, 0.05) is 17.5 Å².